The van der Waals surface area contributed by atoms with Crippen LogP contribution in [0, 0.1) is 0 Å². The Hall–Kier alpha value is -1.42. The van der Waals surface area contributed by atoms with Gasteiger partial charge in [-0.15, -0.1) is 0 Å². The molecule has 0 aromatic rings. The molecule has 1 aliphatic heterocycles. The molecule has 0 amide bonds. The van der Waals surface area contributed by atoms with Gasteiger partial charge in [0.1, 0.15) is 30.5 Å². The Bertz CT molecular complexity index is 1100. The first-order valence-corrected chi connectivity index (χ1v) is 24.0. The maximum Gasteiger partial charge on any atom is 0.397 e. The first kappa shape index (κ1) is 53.6. The zero-order valence-corrected chi connectivity index (χ0v) is 36.5. The Balaban J connectivity index is 2.43. The van der Waals surface area contributed by atoms with E-state index in [9.17, 15) is 28.5 Å². The molecule has 0 aromatic carbocycles. The average molecular weight is 835 g/mol. The van der Waals surface area contributed by atoms with E-state index in [0.29, 0.717) is 13.0 Å². The lowest BCUT2D eigenvalue weighted by atomic mass is 9.99. The molecule has 0 radical (unpaired) electrons. The lowest BCUT2D eigenvalue weighted by Gasteiger charge is -2.41. The molecule has 1 heterocycles. The second-order valence-electron chi connectivity index (χ2n) is 15.6. The van der Waals surface area contributed by atoms with Gasteiger partial charge in [-0.1, -0.05) is 167 Å². The van der Waals surface area contributed by atoms with Gasteiger partial charge in [-0.25, -0.2) is 4.18 Å². The molecule has 1 aliphatic rings. The van der Waals surface area contributed by atoms with Crippen molar-refractivity contribution in [1.82, 2.24) is 0 Å². The summed E-state index contributed by atoms with van der Waals surface area (Å²) in [7, 11) is -5.06. The van der Waals surface area contributed by atoms with E-state index < -0.39 is 59.8 Å². The van der Waals surface area contributed by atoms with Gasteiger partial charge < -0.3 is 34.3 Å². The van der Waals surface area contributed by atoms with Crippen LogP contribution in [0.25, 0.3) is 0 Å². The van der Waals surface area contributed by atoms with Crippen LogP contribution < -0.4 is 0 Å². The Morgan fingerprint density at radius 1 is 0.667 bits per heavy atom. The Labute approximate surface area is 346 Å². The van der Waals surface area contributed by atoms with Crippen LogP contribution in [0.2, 0.25) is 0 Å². The van der Waals surface area contributed by atoms with Crippen LogP contribution in [0.15, 0.2) is 24.3 Å². The van der Waals surface area contributed by atoms with Crippen molar-refractivity contribution in [3.63, 3.8) is 0 Å². The van der Waals surface area contributed by atoms with E-state index in [1.807, 2.05) is 0 Å². The van der Waals surface area contributed by atoms with Gasteiger partial charge in [-0.05, 0) is 38.5 Å². The van der Waals surface area contributed by atoms with Gasteiger partial charge in [0, 0.05) is 13.0 Å². The third kappa shape index (κ3) is 30.3. The summed E-state index contributed by atoms with van der Waals surface area (Å²) in [6, 6.07) is 0. The minimum Gasteiger partial charge on any atom is -0.457 e. The van der Waals surface area contributed by atoms with Crippen molar-refractivity contribution >= 4 is 16.4 Å². The third-order valence-electron chi connectivity index (χ3n) is 10.3. The smallest absolute Gasteiger partial charge is 0.397 e. The molecule has 13 heteroatoms. The van der Waals surface area contributed by atoms with Crippen molar-refractivity contribution in [2.24, 2.45) is 0 Å². The molecule has 6 atom stereocenters. The van der Waals surface area contributed by atoms with Gasteiger partial charge in [0.25, 0.3) is 0 Å². The maximum atomic E-state index is 12.8. The summed E-state index contributed by atoms with van der Waals surface area (Å²) in [4.78, 5) is 12.8. The summed E-state index contributed by atoms with van der Waals surface area (Å²) in [5, 5.41) is 30.6. The average Bonchev–Trinajstić information content (AvgIpc) is 3.18. The highest BCUT2D eigenvalue weighted by atomic mass is 32.3. The van der Waals surface area contributed by atoms with Crippen molar-refractivity contribution < 1.29 is 56.2 Å². The number of hydrogen-bond acceptors (Lipinski definition) is 11. The summed E-state index contributed by atoms with van der Waals surface area (Å²) >= 11 is 0. The lowest BCUT2D eigenvalue weighted by molar-refractivity contribution is -0.301. The molecule has 4 N–H and O–H groups in total. The molecule has 57 heavy (non-hydrogen) atoms. The Morgan fingerprint density at radius 3 is 1.72 bits per heavy atom. The number of hydrogen-bond donors (Lipinski definition) is 4. The molecular weight excluding hydrogens is 753 g/mol. The number of esters is 1. The van der Waals surface area contributed by atoms with Gasteiger partial charge in [0.2, 0.25) is 0 Å². The number of unbranched alkanes of at least 4 members (excludes halogenated alkanes) is 22. The summed E-state index contributed by atoms with van der Waals surface area (Å²) in [5.74, 6) is -0.411. The molecule has 12 nitrogen and oxygen atoms in total. The van der Waals surface area contributed by atoms with Crippen molar-refractivity contribution in [3.05, 3.63) is 24.3 Å². The molecule has 1 fully saturated rings. The van der Waals surface area contributed by atoms with Crippen LogP contribution >= 0.6 is 0 Å². The Morgan fingerprint density at radius 2 is 1.18 bits per heavy atom. The zero-order chi connectivity index (χ0) is 41.8. The number of carbonyl (C=O) groups excluding carboxylic acids is 1. The standard InChI is InChI=1S/C44H82O12S/c1-3-5-7-9-11-13-15-17-19-20-22-24-26-28-30-32-34-52-36-38(37-53-44-42(48)43(56-57(49,50)51)41(47)39(35-45)55-44)54-40(46)33-31-29-27-25-23-21-18-16-14-12-10-8-6-4-2/h10,12,16,18,38-39,41-45,47-48H,3-9,11,13-15,17,19-37H2,1-2H3,(H,49,50,51)/b12-10-,18-16-. The minimum atomic E-state index is -5.06. The van der Waals surface area contributed by atoms with Gasteiger partial charge in [0.05, 0.1) is 19.8 Å². The van der Waals surface area contributed by atoms with Crippen LogP contribution in [-0.2, 0) is 38.3 Å². The maximum absolute atomic E-state index is 12.8. The molecule has 0 aliphatic carbocycles. The van der Waals surface area contributed by atoms with E-state index in [0.717, 1.165) is 64.2 Å². The molecule has 0 aromatic heterocycles. The fourth-order valence-electron chi connectivity index (χ4n) is 6.87. The van der Waals surface area contributed by atoms with Crippen molar-refractivity contribution in [2.45, 2.75) is 224 Å². The molecule has 0 saturated carbocycles. The molecule has 336 valence electrons. The number of allylic oxidation sites excluding steroid dienone is 4. The quantitative estimate of drug-likeness (QED) is 0.0200. The van der Waals surface area contributed by atoms with Crippen LogP contribution in [0.5, 0.6) is 0 Å². The summed E-state index contributed by atoms with van der Waals surface area (Å²) in [6.45, 7) is 3.95. The highest BCUT2D eigenvalue weighted by Gasteiger charge is 2.48. The highest BCUT2D eigenvalue weighted by molar-refractivity contribution is 7.80. The number of aliphatic hydroxyl groups is 3. The van der Waals surface area contributed by atoms with E-state index >= 15 is 0 Å². The molecule has 1 rings (SSSR count). The molecular formula is C44H82O12S. The predicted octanol–water partition coefficient (Wildman–Crippen LogP) is 9.24. The molecule has 1 saturated heterocycles. The van der Waals surface area contributed by atoms with E-state index in [2.05, 4.69) is 42.3 Å². The van der Waals surface area contributed by atoms with Crippen molar-refractivity contribution in [3.8, 4) is 0 Å². The third-order valence-corrected chi connectivity index (χ3v) is 10.8. The summed E-state index contributed by atoms with van der Waals surface area (Å²) < 4.78 is 59.0. The number of rotatable bonds is 39. The van der Waals surface area contributed by atoms with Crippen LogP contribution in [0.3, 0.4) is 0 Å². The fraction of sp³-hybridized carbons (Fsp3) is 0.886. The second kappa shape index (κ2) is 36.4. The highest BCUT2D eigenvalue weighted by Crippen LogP contribution is 2.26. The fourth-order valence-corrected chi connectivity index (χ4v) is 7.37. The second-order valence-corrected chi connectivity index (χ2v) is 16.7. The van der Waals surface area contributed by atoms with Gasteiger partial charge >= 0.3 is 16.4 Å². The van der Waals surface area contributed by atoms with Crippen molar-refractivity contribution in [2.75, 3.05) is 26.4 Å². The SMILES string of the molecule is CCCC/C=C\C/C=C\CCCCCCCC(=O)OC(COCCCCCCCCCCCCCCCCCC)COC1OC(CO)C(O)C(OS(=O)(=O)O)C1O. The van der Waals surface area contributed by atoms with Crippen LogP contribution in [-0.4, -0.2) is 97.5 Å². The first-order valence-electron chi connectivity index (χ1n) is 22.6. The normalized spacial score (nSPS) is 20.8. The van der Waals surface area contributed by atoms with E-state index in [4.69, 9.17) is 23.5 Å². The van der Waals surface area contributed by atoms with Crippen molar-refractivity contribution in [1.29, 1.82) is 0 Å². The molecule has 6 unspecified atom stereocenters. The Kier molecular flexibility index (Phi) is 34.3. The molecule has 0 bridgehead atoms. The van der Waals surface area contributed by atoms with Gasteiger partial charge in [-0.2, -0.15) is 8.42 Å². The van der Waals surface area contributed by atoms with Crippen LogP contribution in [0.4, 0.5) is 0 Å². The predicted molar refractivity (Wildman–Crippen MR) is 225 cm³/mol. The van der Waals surface area contributed by atoms with Gasteiger partial charge in [-0.3, -0.25) is 9.35 Å². The molecule has 0 spiro atoms. The topological polar surface area (TPSA) is 178 Å². The monoisotopic (exact) mass is 835 g/mol. The largest absolute Gasteiger partial charge is 0.457 e. The summed E-state index contributed by atoms with van der Waals surface area (Å²) in [5.41, 5.74) is 0. The van der Waals surface area contributed by atoms with E-state index in [1.165, 1.54) is 96.3 Å². The minimum absolute atomic E-state index is 0.0341. The first-order chi connectivity index (χ1) is 27.6. The lowest BCUT2D eigenvalue weighted by Crippen LogP contribution is -2.60. The van der Waals surface area contributed by atoms with Crippen LogP contribution in [0.1, 0.15) is 187 Å². The number of ether oxygens (including phenoxy) is 4. The zero-order valence-electron chi connectivity index (χ0n) is 35.7. The van der Waals surface area contributed by atoms with E-state index in [-0.39, 0.29) is 19.6 Å². The van der Waals surface area contributed by atoms with E-state index in [1.54, 1.807) is 0 Å². The van der Waals surface area contributed by atoms with Gasteiger partial charge in [0.15, 0.2) is 6.29 Å². The number of carbonyl (C=O) groups is 1. The number of aliphatic hydroxyl groups excluding tert-OH is 3. The summed E-state index contributed by atoms with van der Waals surface area (Å²) in [6.07, 6.45) is 30.6.